The zero-order valence-corrected chi connectivity index (χ0v) is 20.4. The SMILES string of the molecule is CN(C(=O)NCc1cccc(F)c1F)[C@@H](CCc1ncc[nH]1)COC(=O)Nc1cc2cc(F)ccc2cn1. The number of aryl methyl sites for hydroxylation is 1. The zero-order chi connectivity index (χ0) is 27.1. The van der Waals surface area contributed by atoms with E-state index in [1.807, 2.05) is 0 Å². The summed E-state index contributed by atoms with van der Waals surface area (Å²) < 4.78 is 46.3. The average Bonchev–Trinajstić information content (AvgIpc) is 3.42. The monoisotopic (exact) mass is 526 g/mol. The predicted octanol–water partition coefficient (Wildman–Crippen LogP) is 4.77. The highest BCUT2D eigenvalue weighted by molar-refractivity contribution is 5.89. The van der Waals surface area contributed by atoms with Gasteiger partial charge in [-0.2, -0.15) is 0 Å². The summed E-state index contributed by atoms with van der Waals surface area (Å²) in [5, 5.41) is 6.30. The van der Waals surface area contributed by atoms with E-state index in [0.717, 1.165) is 6.07 Å². The van der Waals surface area contributed by atoms with Crippen LogP contribution in [-0.4, -0.2) is 51.7 Å². The van der Waals surface area contributed by atoms with Crippen LogP contribution in [0.2, 0.25) is 0 Å². The zero-order valence-electron chi connectivity index (χ0n) is 20.4. The molecule has 12 heteroatoms. The molecular weight excluding hydrogens is 501 g/mol. The largest absolute Gasteiger partial charge is 0.447 e. The van der Waals surface area contributed by atoms with E-state index in [0.29, 0.717) is 29.4 Å². The number of hydrogen-bond donors (Lipinski definition) is 3. The molecular formula is C26H25F3N6O3. The second-order valence-corrected chi connectivity index (χ2v) is 8.50. The summed E-state index contributed by atoms with van der Waals surface area (Å²) in [4.78, 5) is 37.8. The minimum absolute atomic E-state index is 0.00252. The molecule has 2 heterocycles. The lowest BCUT2D eigenvalue weighted by Crippen LogP contribution is -2.46. The molecule has 0 aliphatic heterocycles. The first-order valence-corrected chi connectivity index (χ1v) is 11.7. The van der Waals surface area contributed by atoms with Crippen LogP contribution in [0.15, 0.2) is 61.1 Å². The number of likely N-dealkylation sites (N-methyl/N-ethyl adjacent to an activating group) is 1. The number of benzene rings is 2. The van der Waals surface area contributed by atoms with E-state index in [4.69, 9.17) is 4.74 Å². The van der Waals surface area contributed by atoms with Crippen molar-refractivity contribution in [3.8, 4) is 0 Å². The molecule has 0 fully saturated rings. The molecule has 2 aromatic heterocycles. The first-order valence-electron chi connectivity index (χ1n) is 11.7. The van der Waals surface area contributed by atoms with E-state index in [1.165, 1.54) is 48.5 Å². The van der Waals surface area contributed by atoms with Crippen molar-refractivity contribution in [2.45, 2.75) is 25.4 Å². The van der Waals surface area contributed by atoms with Gasteiger partial charge in [-0.05, 0) is 42.1 Å². The number of ether oxygens (including phenoxy) is 1. The molecule has 0 saturated carbocycles. The van der Waals surface area contributed by atoms with Crippen molar-refractivity contribution in [2.24, 2.45) is 0 Å². The summed E-state index contributed by atoms with van der Waals surface area (Å²) in [7, 11) is 1.50. The number of H-pyrrole nitrogens is 1. The van der Waals surface area contributed by atoms with Gasteiger partial charge in [0.2, 0.25) is 0 Å². The molecule has 0 bridgehead atoms. The van der Waals surface area contributed by atoms with E-state index >= 15 is 0 Å². The number of amides is 3. The highest BCUT2D eigenvalue weighted by Crippen LogP contribution is 2.18. The molecule has 38 heavy (non-hydrogen) atoms. The number of carbonyl (C=O) groups is 2. The third-order valence-electron chi connectivity index (χ3n) is 5.92. The normalized spacial score (nSPS) is 11.7. The van der Waals surface area contributed by atoms with Crippen LogP contribution in [0, 0.1) is 17.5 Å². The minimum atomic E-state index is -1.03. The third-order valence-corrected chi connectivity index (χ3v) is 5.92. The van der Waals surface area contributed by atoms with E-state index in [1.54, 1.807) is 18.5 Å². The number of fused-ring (bicyclic) bond motifs is 1. The van der Waals surface area contributed by atoms with Crippen LogP contribution in [0.3, 0.4) is 0 Å². The molecule has 0 spiro atoms. The molecule has 4 aromatic rings. The highest BCUT2D eigenvalue weighted by atomic mass is 19.2. The number of aromatic amines is 1. The molecule has 0 aliphatic carbocycles. The Kier molecular flexibility index (Phi) is 8.41. The fraction of sp³-hybridized carbons (Fsp3) is 0.231. The van der Waals surface area contributed by atoms with Gasteiger partial charge in [-0.15, -0.1) is 0 Å². The van der Waals surface area contributed by atoms with Gasteiger partial charge in [0.25, 0.3) is 0 Å². The van der Waals surface area contributed by atoms with Crippen LogP contribution >= 0.6 is 0 Å². The Balaban J connectivity index is 1.38. The summed E-state index contributed by atoms with van der Waals surface area (Å²) in [6.07, 6.45) is 4.78. The predicted molar refractivity (Wildman–Crippen MR) is 134 cm³/mol. The van der Waals surface area contributed by atoms with Crippen LogP contribution in [0.5, 0.6) is 0 Å². The lowest BCUT2D eigenvalue weighted by Gasteiger charge is -2.28. The van der Waals surface area contributed by atoms with Gasteiger partial charge in [0.15, 0.2) is 11.6 Å². The molecule has 3 amide bonds. The van der Waals surface area contributed by atoms with Gasteiger partial charge in [0.1, 0.15) is 24.1 Å². The van der Waals surface area contributed by atoms with Gasteiger partial charge in [-0.25, -0.2) is 32.7 Å². The topological polar surface area (TPSA) is 112 Å². The smallest absolute Gasteiger partial charge is 0.412 e. The van der Waals surface area contributed by atoms with Gasteiger partial charge in [-0.1, -0.05) is 12.1 Å². The van der Waals surface area contributed by atoms with E-state index in [9.17, 15) is 22.8 Å². The Morgan fingerprint density at radius 2 is 1.95 bits per heavy atom. The summed E-state index contributed by atoms with van der Waals surface area (Å²) in [6.45, 7) is -0.403. The van der Waals surface area contributed by atoms with Crippen LogP contribution in [0.25, 0.3) is 10.8 Å². The van der Waals surface area contributed by atoms with E-state index in [2.05, 4.69) is 25.6 Å². The quantitative estimate of drug-likeness (QED) is 0.291. The maximum atomic E-state index is 13.9. The Hall–Kier alpha value is -4.61. The van der Waals surface area contributed by atoms with Crippen molar-refractivity contribution >= 4 is 28.7 Å². The second kappa shape index (κ2) is 12.1. The van der Waals surface area contributed by atoms with Gasteiger partial charge >= 0.3 is 12.1 Å². The van der Waals surface area contributed by atoms with Crippen LogP contribution < -0.4 is 10.6 Å². The standard InChI is InChI=1S/C26H25F3N6O3/c1-35(25(36)33-14-17-3-2-4-21(28)24(17)29)20(7-8-22-30-9-10-31-22)15-38-26(37)34-23-12-18-11-19(27)6-5-16(18)13-32-23/h2-6,9-13,20H,7-8,14-15H2,1H3,(H,30,31)(H,33,36)(H,32,34,37)/t20-/m0/s1. The van der Waals surface area contributed by atoms with Crippen molar-refractivity contribution in [3.05, 3.63) is 89.9 Å². The second-order valence-electron chi connectivity index (χ2n) is 8.50. The summed E-state index contributed by atoms with van der Waals surface area (Å²) >= 11 is 0. The van der Waals surface area contributed by atoms with Crippen molar-refractivity contribution in [3.63, 3.8) is 0 Å². The fourth-order valence-corrected chi connectivity index (χ4v) is 3.77. The van der Waals surface area contributed by atoms with Gasteiger partial charge in [0.05, 0.1) is 6.04 Å². The number of hydrogen-bond acceptors (Lipinski definition) is 5. The molecule has 198 valence electrons. The summed E-state index contributed by atoms with van der Waals surface area (Å²) in [5.41, 5.74) is -0.00252. The number of imidazole rings is 1. The van der Waals surface area contributed by atoms with E-state index < -0.39 is 35.6 Å². The van der Waals surface area contributed by atoms with Gasteiger partial charge in [-0.3, -0.25) is 5.32 Å². The van der Waals surface area contributed by atoms with E-state index in [-0.39, 0.29) is 24.5 Å². The van der Waals surface area contributed by atoms with Gasteiger partial charge in [0, 0.05) is 49.6 Å². The number of urea groups is 1. The number of rotatable bonds is 9. The average molecular weight is 527 g/mol. The lowest BCUT2D eigenvalue weighted by atomic mass is 10.1. The molecule has 9 nitrogen and oxygen atoms in total. The molecule has 1 atom stereocenters. The number of aromatic nitrogens is 3. The Morgan fingerprint density at radius 1 is 1.11 bits per heavy atom. The maximum Gasteiger partial charge on any atom is 0.412 e. The minimum Gasteiger partial charge on any atom is -0.447 e. The molecule has 0 saturated heterocycles. The van der Waals surface area contributed by atoms with Crippen molar-refractivity contribution in [1.82, 2.24) is 25.2 Å². The lowest BCUT2D eigenvalue weighted by molar-refractivity contribution is 0.113. The first kappa shape index (κ1) is 26.5. The van der Waals surface area contributed by atoms with Gasteiger partial charge < -0.3 is 19.9 Å². The first-order chi connectivity index (χ1) is 18.3. The molecule has 4 rings (SSSR count). The Bertz CT molecular complexity index is 1420. The number of anilines is 1. The van der Waals surface area contributed by atoms with Crippen molar-refractivity contribution in [2.75, 3.05) is 19.0 Å². The van der Waals surface area contributed by atoms with Crippen LogP contribution in [0.4, 0.5) is 28.6 Å². The number of carbonyl (C=O) groups excluding carboxylic acids is 2. The van der Waals surface area contributed by atoms with Crippen LogP contribution in [0.1, 0.15) is 17.8 Å². The van der Waals surface area contributed by atoms with Crippen molar-refractivity contribution < 1.29 is 27.5 Å². The Morgan fingerprint density at radius 3 is 2.74 bits per heavy atom. The van der Waals surface area contributed by atoms with Crippen LogP contribution in [-0.2, 0) is 17.7 Å². The fourth-order valence-electron chi connectivity index (χ4n) is 3.77. The molecule has 0 unspecified atom stereocenters. The molecule has 3 N–H and O–H groups in total. The highest BCUT2D eigenvalue weighted by Gasteiger charge is 2.23. The maximum absolute atomic E-state index is 13.9. The molecule has 2 aromatic carbocycles. The summed E-state index contributed by atoms with van der Waals surface area (Å²) in [5.74, 6) is -1.61. The summed E-state index contributed by atoms with van der Waals surface area (Å²) in [6, 6.07) is 8.29. The number of pyridine rings is 1. The van der Waals surface area contributed by atoms with Crippen molar-refractivity contribution in [1.29, 1.82) is 0 Å². The molecule has 0 aliphatic rings. The number of nitrogens with zero attached hydrogens (tertiary/aromatic N) is 3. The number of halogens is 3. The molecule has 0 radical (unpaired) electrons. The number of nitrogens with one attached hydrogen (secondary N) is 3. The Labute approximate surface area is 216 Å². The third kappa shape index (κ3) is 6.78.